The van der Waals surface area contributed by atoms with E-state index in [-0.39, 0.29) is 11.7 Å². The predicted octanol–water partition coefficient (Wildman–Crippen LogP) is 3.27. The normalized spacial score (nSPS) is 10.3. The number of nitrogens with one attached hydrogen (secondary N) is 1. The number of nitrogens with zero attached hydrogens (tertiary/aromatic N) is 3. The van der Waals surface area contributed by atoms with E-state index in [9.17, 15) is 10.1 Å². The lowest BCUT2D eigenvalue weighted by Gasteiger charge is -2.07. The van der Waals surface area contributed by atoms with Crippen molar-refractivity contribution in [1.29, 1.82) is 5.26 Å². The summed E-state index contributed by atoms with van der Waals surface area (Å²) in [5, 5.41) is 12.7. The average Bonchev–Trinajstić information content (AvgIpc) is 2.58. The van der Waals surface area contributed by atoms with Gasteiger partial charge >= 0.3 is 0 Å². The summed E-state index contributed by atoms with van der Waals surface area (Å²) in [5.74, 6) is 1.59. The largest absolute Gasteiger partial charge is 0.355 e. The smallest absolute Gasteiger partial charge is 0.230 e. The topological polar surface area (TPSA) is 78.7 Å². The second kappa shape index (κ2) is 9.44. The fourth-order valence-electron chi connectivity index (χ4n) is 2.09. The number of carbonyl (C=O) groups excluding carboxylic acids is 1. The Morgan fingerprint density at radius 1 is 1.16 bits per heavy atom. The van der Waals surface area contributed by atoms with E-state index in [1.54, 1.807) is 25.6 Å². The summed E-state index contributed by atoms with van der Waals surface area (Å²) in [4.78, 5) is 21.6. The summed E-state index contributed by atoms with van der Waals surface area (Å²) in [6.45, 7) is 6.22. The van der Waals surface area contributed by atoms with Gasteiger partial charge in [0.25, 0.3) is 0 Å². The van der Waals surface area contributed by atoms with E-state index in [1.807, 2.05) is 0 Å². The highest BCUT2D eigenvalue weighted by atomic mass is 32.2. The van der Waals surface area contributed by atoms with Crippen LogP contribution < -0.4 is 5.32 Å². The maximum absolute atomic E-state index is 12.0. The van der Waals surface area contributed by atoms with Gasteiger partial charge < -0.3 is 5.32 Å². The van der Waals surface area contributed by atoms with Crippen LogP contribution in [0.2, 0.25) is 0 Å². The lowest BCUT2D eigenvalue weighted by Crippen LogP contribution is -2.27. The average molecular weight is 373 g/mol. The molecule has 2 rings (SSSR count). The molecule has 0 saturated heterocycles. The molecule has 5 nitrogen and oxygen atoms in total. The highest BCUT2D eigenvalue weighted by molar-refractivity contribution is 8.00. The summed E-state index contributed by atoms with van der Waals surface area (Å²) in [7, 11) is 0. The Kier molecular flexibility index (Phi) is 7.29. The zero-order valence-electron chi connectivity index (χ0n) is 14.5. The molecule has 25 heavy (non-hydrogen) atoms. The van der Waals surface area contributed by atoms with Gasteiger partial charge in [0, 0.05) is 17.2 Å². The summed E-state index contributed by atoms with van der Waals surface area (Å²) in [5.41, 5.74) is 2.33. The van der Waals surface area contributed by atoms with Crippen molar-refractivity contribution in [3.05, 3.63) is 46.9 Å². The minimum absolute atomic E-state index is 0.0627. The van der Waals surface area contributed by atoms with Crippen LogP contribution in [0, 0.1) is 32.1 Å². The molecule has 7 heteroatoms. The molecule has 0 aliphatic carbocycles. The van der Waals surface area contributed by atoms with Crippen molar-refractivity contribution in [2.45, 2.75) is 30.7 Å². The zero-order chi connectivity index (χ0) is 18.2. The summed E-state index contributed by atoms with van der Waals surface area (Å²) in [6, 6.07) is 10.4. The van der Waals surface area contributed by atoms with Crippen molar-refractivity contribution in [2.75, 3.05) is 18.1 Å². The van der Waals surface area contributed by atoms with Crippen LogP contribution in [0.4, 0.5) is 0 Å². The Hall–Kier alpha value is -2.04. The molecule has 0 unspecified atom stereocenters. The van der Waals surface area contributed by atoms with E-state index in [0.717, 1.165) is 5.75 Å². The van der Waals surface area contributed by atoms with Gasteiger partial charge in [-0.3, -0.25) is 4.79 Å². The van der Waals surface area contributed by atoms with Gasteiger partial charge in [0.15, 0.2) is 0 Å². The first kappa shape index (κ1) is 19.3. The molecule has 1 aromatic carbocycles. The Morgan fingerprint density at radius 2 is 1.88 bits per heavy atom. The first-order chi connectivity index (χ1) is 12.0. The Bertz CT molecular complexity index is 785. The molecule has 0 aliphatic rings. The Balaban J connectivity index is 1.76. The molecule has 0 radical (unpaired) electrons. The minimum Gasteiger partial charge on any atom is -0.355 e. The van der Waals surface area contributed by atoms with Gasteiger partial charge in [-0.1, -0.05) is 29.5 Å². The Morgan fingerprint density at radius 3 is 2.56 bits per heavy atom. The molecule has 0 aliphatic heterocycles. The number of aryl methyl sites for hydroxylation is 3. The van der Waals surface area contributed by atoms with Crippen molar-refractivity contribution >= 4 is 29.4 Å². The van der Waals surface area contributed by atoms with Crippen molar-refractivity contribution in [2.24, 2.45) is 0 Å². The number of hydrogen-bond donors (Lipinski definition) is 1. The molecule has 130 valence electrons. The number of aromatic nitrogens is 2. The standard InChI is InChI=1S/C18H20N4OS2/c1-12-4-6-15(7-5-12)24-9-8-20-17(23)11-25-18-16(10-19)13(2)21-14(3)22-18/h4-7H,8-9,11H2,1-3H3,(H,20,23). The van der Waals surface area contributed by atoms with Gasteiger partial charge in [-0.05, 0) is 32.9 Å². The van der Waals surface area contributed by atoms with E-state index < -0.39 is 0 Å². The van der Waals surface area contributed by atoms with Crippen LogP contribution in [-0.4, -0.2) is 33.9 Å². The second-order valence-electron chi connectivity index (χ2n) is 5.45. The number of carbonyl (C=O) groups is 1. The van der Waals surface area contributed by atoms with E-state index in [1.165, 1.54) is 22.2 Å². The number of thioether (sulfide) groups is 2. The van der Waals surface area contributed by atoms with Crippen molar-refractivity contribution in [3.63, 3.8) is 0 Å². The van der Waals surface area contributed by atoms with Crippen LogP contribution in [0.5, 0.6) is 0 Å². The molecule has 0 bridgehead atoms. The molecule has 0 fully saturated rings. The third-order valence-corrected chi connectivity index (χ3v) is 5.32. The second-order valence-corrected chi connectivity index (χ2v) is 7.58. The minimum atomic E-state index is -0.0627. The number of hydrogen-bond acceptors (Lipinski definition) is 6. The molecule has 0 saturated carbocycles. The third kappa shape index (κ3) is 6.07. The van der Waals surface area contributed by atoms with E-state index >= 15 is 0 Å². The molecular weight excluding hydrogens is 352 g/mol. The highest BCUT2D eigenvalue weighted by Gasteiger charge is 2.12. The summed E-state index contributed by atoms with van der Waals surface area (Å²) < 4.78 is 0. The molecule has 1 N–H and O–H groups in total. The monoisotopic (exact) mass is 372 g/mol. The maximum Gasteiger partial charge on any atom is 0.230 e. The first-order valence-corrected chi connectivity index (χ1v) is 9.81. The Labute approximate surface area is 156 Å². The lowest BCUT2D eigenvalue weighted by atomic mass is 10.2. The molecule has 2 aromatic rings. The number of rotatable bonds is 7. The van der Waals surface area contributed by atoms with E-state index in [2.05, 4.69) is 52.5 Å². The predicted molar refractivity (Wildman–Crippen MR) is 102 cm³/mol. The van der Waals surface area contributed by atoms with Crippen LogP contribution in [0.1, 0.15) is 22.6 Å². The fourth-order valence-corrected chi connectivity index (χ4v) is 3.77. The maximum atomic E-state index is 12.0. The van der Waals surface area contributed by atoms with Gasteiger partial charge in [0.1, 0.15) is 22.5 Å². The highest BCUT2D eigenvalue weighted by Crippen LogP contribution is 2.22. The van der Waals surface area contributed by atoms with Gasteiger partial charge in [-0.25, -0.2) is 9.97 Å². The number of benzene rings is 1. The molecular formula is C18H20N4OS2. The molecule has 1 amide bonds. The number of nitriles is 1. The molecule has 0 spiro atoms. The van der Waals surface area contributed by atoms with E-state index in [0.29, 0.717) is 28.7 Å². The van der Waals surface area contributed by atoms with Gasteiger partial charge in [0.05, 0.1) is 11.4 Å². The van der Waals surface area contributed by atoms with Crippen LogP contribution in [0.15, 0.2) is 34.2 Å². The van der Waals surface area contributed by atoms with Crippen LogP contribution in [-0.2, 0) is 4.79 Å². The lowest BCUT2D eigenvalue weighted by molar-refractivity contribution is -0.118. The molecule has 1 aromatic heterocycles. The molecule has 0 atom stereocenters. The number of amides is 1. The van der Waals surface area contributed by atoms with Crippen LogP contribution >= 0.6 is 23.5 Å². The van der Waals surface area contributed by atoms with Crippen molar-refractivity contribution in [3.8, 4) is 6.07 Å². The van der Waals surface area contributed by atoms with Crippen molar-refractivity contribution in [1.82, 2.24) is 15.3 Å². The molecule has 1 heterocycles. The quantitative estimate of drug-likeness (QED) is 0.456. The van der Waals surface area contributed by atoms with E-state index in [4.69, 9.17) is 0 Å². The van der Waals surface area contributed by atoms with Crippen LogP contribution in [0.3, 0.4) is 0 Å². The fraction of sp³-hybridized carbons (Fsp3) is 0.333. The summed E-state index contributed by atoms with van der Waals surface area (Å²) in [6.07, 6.45) is 0. The van der Waals surface area contributed by atoms with Gasteiger partial charge in [0.2, 0.25) is 5.91 Å². The van der Waals surface area contributed by atoms with Gasteiger partial charge in [-0.15, -0.1) is 11.8 Å². The zero-order valence-corrected chi connectivity index (χ0v) is 16.1. The first-order valence-electron chi connectivity index (χ1n) is 7.84. The third-order valence-electron chi connectivity index (χ3n) is 3.33. The summed E-state index contributed by atoms with van der Waals surface area (Å²) >= 11 is 2.98. The SMILES string of the molecule is Cc1ccc(SCCNC(=O)CSc2nc(C)nc(C)c2C#N)cc1. The van der Waals surface area contributed by atoms with Crippen LogP contribution in [0.25, 0.3) is 0 Å². The van der Waals surface area contributed by atoms with Gasteiger partial charge in [-0.2, -0.15) is 5.26 Å². The van der Waals surface area contributed by atoms with Crippen molar-refractivity contribution < 1.29 is 4.79 Å².